The summed E-state index contributed by atoms with van der Waals surface area (Å²) in [6.45, 7) is 0. The molecular weight excluding hydrogens is 302 g/mol. The minimum absolute atomic E-state index is 0.245. The molecule has 0 atom stereocenters. The van der Waals surface area contributed by atoms with Crippen LogP contribution in [0.15, 0.2) is 42.7 Å². The summed E-state index contributed by atoms with van der Waals surface area (Å²) in [5.41, 5.74) is 0. The van der Waals surface area contributed by atoms with Crippen LogP contribution in [-0.4, -0.2) is 9.97 Å². The molecule has 20 heavy (non-hydrogen) atoms. The lowest BCUT2D eigenvalue weighted by Gasteiger charge is -2.09. The Balaban J connectivity index is 2.12. The summed E-state index contributed by atoms with van der Waals surface area (Å²) in [5, 5.41) is 1.91. The van der Waals surface area contributed by atoms with Crippen molar-refractivity contribution in [2.24, 2.45) is 0 Å². The van der Waals surface area contributed by atoms with E-state index in [4.69, 9.17) is 27.9 Å². The molecule has 0 bridgehead atoms. The molecule has 6 heteroatoms. The van der Waals surface area contributed by atoms with Gasteiger partial charge >= 0.3 is 0 Å². The van der Waals surface area contributed by atoms with Crippen LogP contribution in [0.25, 0.3) is 10.8 Å². The van der Waals surface area contributed by atoms with Gasteiger partial charge in [-0.3, -0.25) is 0 Å². The van der Waals surface area contributed by atoms with Crippen LogP contribution in [0, 0.1) is 5.82 Å². The lowest BCUT2D eigenvalue weighted by Crippen LogP contribution is -1.92. The van der Waals surface area contributed by atoms with Crippen LogP contribution >= 0.6 is 23.2 Å². The van der Waals surface area contributed by atoms with Crippen molar-refractivity contribution in [3.63, 3.8) is 0 Å². The number of aromatic nitrogens is 2. The minimum Gasteiger partial charge on any atom is -0.438 e. The fourth-order valence-corrected chi connectivity index (χ4v) is 2.22. The molecule has 0 saturated carbocycles. The Morgan fingerprint density at radius 2 is 1.75 bits per heavy atom. The number of halogens is 3. The second-order valence-electron chi connectivity index (χ2n) is 3.99. The van der Waals surface area contributed by atoms with Crippen molar-refractivity contribution in [3.05, 3.63) is 58.7 Å². The summed E-state index contributed by atoms with van der Waals surface area (Å²) in [5.74, 6) is 0.377. The predicted octanol–water partition coefficient (Wildman–Crippen LogP) is 4.87. The van der Waals surface area contributed by atoms with Crippen molar-refractivity contribution in [1.29, 1.82) is 0 Å². The molecule has 0 unspecified atom stereocenters. The predicted molar refractivity (Wildman–Crippen MR) is 76.0 cm³/mol. The fraction of sp³-hybridized carbons (Fsp3) is 0. The van der Waals surface area contributed by atoms with Crippen LogP contribution in [0.4, 0.5) is 4.39 Å². The number of benzene rings is 1. The van der Waals surface area contributed by atoms with Crippen LogP contribution in [0.3, 0.4) is 0 Å². The van der Waals surface area contributed by atoms with Gasteiger partial charge in [0.1, 0.15) is 16.7 Å². The van der Waals surface area contributed by atoms with Crippen molar-refractivity contribution in [1.82, 2.24) is 9.97 Å². The third-order valence-electron chi connectivity index (χ3n) is 2.70. The Hall–Kier alpha value is -1.91. The van der Waals surface area contributed by atoms with Gasteiger partial charge in [0.2, 0.25) is 5.88 Å². The monoisotopic (exact) mass is 308 g/mol. The number of nitrogens with zero attached hydrogens (tertiary/aromatic N) is 2. The first kappa shape index (κ1) is 13.1. The van der Waals surface area contributed by atoms with Gasteiger partial charge in [0.05, 0.1) is 10.4 Å². The first-order valence-electron chi connectivity index (χ1n) is 5.67. The van der Waals surface area contributed by atoms with Crippen LogP contribution in [0.5, 0.6) is 11.6 Å². The van der Waals surface area contributed by atoms with Crippen LogP contribution in [0.1, 0.15) is 0 Å². The summed E-state index contributed by atoms with van der Waals surface area (Å²) in [6.07, 6.45) is 3.03. The van der Waals surface area contributed by atoms with E-state index in [1.807, 2.05) is 0 Å². The van der Waals surface area contributed by atoms with Crippen molar-refractivity contribution in [2.45, 2.75) is 0 Å². The van der Waals surface area contributed by atoms with E-state index in [0.29, 0.717) is 21.5 Å². The largest absolute Gasteiger partial charge is 0.438 e. The molecule has 0 saturated heterocycles. The molecule has 0 aliphatic heterocycles. The summed E-state index contributed by atoms with van der Waals surface area (Å²) < 4.78 is 18.5. The highest BCUT2D eigenvalue weighted by atomic mass is 35.5. The van der Waals surface area contributed by atoms with E-state index >= 15 is 0 Å². The molecule has 3 rings (SSSR count). The molecule has 0 aliphatic rings. The Kier molecular flexibility index (Phi) is 3.42. The van der Waals surface area contributed by atoms with Gasteiger partial charge in [0, 0.05) is 17.8 Å². The van der Waals surface area contributed by atoms with E-state index in [-0.39, 0.29) is 16.9 Å². The quantitative estimate of drug-likeness (QED) is 0.634. The van der Waals surface area contributed by atoms with Crippen LogP contribution < -0.4 is 4.74 Å². The number of fused-ring (bicyclic) bond motifs is 1. The molecule has 3 nitrogen and oxygen atoms in total. The molecule has 0 amide bonds. The summed E-state index contributed by atoms with van der Waals surface area (Å²) >= 11 is 12.1. The molecule has 0 N–H and O–H groups in total. The van der Waals surface area contributed by atoms with E-state index in [1.165, 1.54) is 30.5 Å². The van der Waals surface area contributed by atoms with Gasteiger partial charge < -0.3 is 4.74 Å². The normalized spacial score (nSPS) is 10.8. The standard InChI is InChI=1S/C14H7Cl2FN2O/c15-11-7-19-13(16)12-10(11)5-6-18-14(12)20-9-3-1-8(17)2-4-9/h1-7H. The van der Waals surface area contributed by atoms with Gasteiger partial charge in [-0.25, -0.2) is 14.4 Å². The maximum atomic E-state index is 12.9. The SMILES string of the molecule is Fc1ccc(Oc2nccc3c(Cl)cnc(Cl)c23)cc1. The molecule has 0 radical (unpaired) electrons. The van der Waals surface area contributed by atoms with E-state index in [9.17, 15) is 4.39 Å². The third kappa shape index (κ3) is 2.40. The van der Waals surface area contributed by atoms with Crippen molar-refractivity contribution < 1.29 is 9.13 Å². The maximum absolute atomic E-state index is 12.9. The molecule has 100 valence electrons. The third-order valence-corrected chi connectivity index (χ3v) is 3.29. The minimum atomic E-state index is -0.342. The highest BCUT2D eigenvalue weighted by Gasteiger charge is 2.12. The average molecular weight is 309 g/mol. The molecule has 2 aromatic heterocycles. The van der Waals surface area contributed by atoms with Gasteiger partial charge in [-0.2, -0.15) is 0 Å². The lowest BCUT2D eigenvalue weighted by atomic mass is 10.2. The summed E-state index contributed by atoms with van der Waals surface area (Å²) in [7, 11) is 0. The molecule has 0 fully saturated rings. The lowest BCUT2D eigenvalue weighted by molar-refractivity contribution is 0.467. The van der Waals surface area contributed by atoms with Crippen molar-refractivity contribution >= 4 is 34.0 Å². The highest BCUT2D eigenvalue weighted by molar-refractivity contribution is 6.39. The average Bonchev–Trinajstić information content (AvgIpc) is 2.46. The van der Waals surface area contributed by atoms with Crippen LogP contribution in [-0.2, 0) is 0 Å². The highest BCUT2D eigenvalue weighted by Crippen LogP contribution is 2.35. The summed E-state index contributed by atoms with van der Waals surface area (Å²) in [6, 6.07) is 7.33. The Morgan fingerprint density at radius 1 is 1.00 bits per heavy atom. The van der Waals surface area contributed by atoms with Gasteiger partial charge in [-0.05, 0) is 30.3 Å². The number of pyridine rings is 2. The van der Waals surface area contributed by atoms with Gasteiger partial charge in [0.25, 0.3) is 0 Å². The van der Waals surface area contributed by atoms with Gasteiger partial charge in [0.15, 0.2) is 0 Å². The number of ether oxygens (including phenoxy) is 1. The topological polar surface area (TPSA) is 35.0 Å². The Labute approximate surface area is 123 Å². The van der Waals surface area contributed by atoms with Crippen molar-refractivity contribution in [2.75, 3.05) is 0 Å². The van der Waals surface area contributed by atoms with E-state index in [2.05, 4.69) is 9.97 Å². The zero-order valence-electron chi connectivity index (χ0n) is 9.98. The number of rotatable bonds is 2. The molecule has 0 aliphatic carbocycles. The number of hydrogen-bond acceptors (Lipinski definition) is 3. The molecule has 2 heterocycles. The van der Waals surface area contributed by atoms with Gasteiger partial charge in [-0.15, -0.1) is 0 Å². The summed E-state index contributed by atoms with van der Waals surface area (Å²) in [4.78, 5) is 8.10. The maximum Gasteiger partial charge on any atom is 0.230 e. The van der Waals surface area contributed by atoms with E-state index < -0.39 is 0 Å². The van der Waals surface area contributed by atoms with Crippen molar-refractivity contribution in [3.8, 4) is 11.6 Å². The molecule has 1 aromatic carbocycles. The van der Waals surface area contributed by atoms with E-state index in [0.717, 1.165) is 0 Å². The smallest absolute Gasteiger partial charge is 0.230 e. The second kappa shape index (κ2) is 5.23. The van der Waals surface area contributed by atoms with Crippen LogP contribution in [0.2, 0.25) is 10.2 Å². The number of hydrogen-bond donors (Lipinski definition) is 0. The first-order valence-corrected chi connectivity index (χ1v) is 6.43. The zero-order chi connectivity index (χ0) is 14.1. The fourth-order valence-electron chi connectivity index (χ4n) is 1.78. The Bertz CT molecular complexity index is 778. The second-order valence-corrected chi connectivity index (χ2v) is 4.76. The molecular formula is C14H7Cl2FN2O. The van der Waals surface area contributed by atoms with Gasteiger partial charge in [-0.1, -0.05) is 23.2 Å². The zero-order valence-corrected chi connectivity index (χ0v) is 11.5. The van der Waals surface area contributed by atoms with E-state index in [1.54, 1.807) is 12.3 Å². The Morgan fingerprint density at radius 3 is 2.50 bits per heavy atom. The molecule has 0 spiro atoms. The molecule has 3 aromatic rings. The first-order chi connectivity index (χ1) is 9.65.